The van der Waals surface area contributed by atoms with E-state index < -0.39 is 42.7 Å². The number of alkyl halides is 3. The lowest BCUT2D eigenvalue weighted by Gasteiger charge is -2.23. The molecule has 1 heterocycles. The minimum absolute atomic E-state index is 0.517. The second kappa shape index (κ2) is 4.19. The summed E-state index contributed by atoms with van der Waals surface area (Å²) in [6.07, 6.45) is -6.18. The van der Waals surface area contributed by atoms with E-state index in [1.807, 2.05) is 0 Å². The van der Waals surface area contributed by atoms with Crippen molar-refractivity contribution in [2.24, 2.45) is 5.92 Å². The molecule has 0 radical (unpaired) electrons. The average Bonchev–Trinajstić information content (AvgIpc) is 2.42. The number of ether oxygens (including phenoxy) is 1. The number of amides is 2. The van der Waals surface area contributed by atoms with Gasteiger partial charge in [-0.05, 0) is 20.8 Å². The van der Waals surface area contributed by atoms with E-state index in [0.717, 1.165) is 0 Å². The van der Waals surface area contributed by atoms with E-state index in [1.54, 1.807) is 20.8 Å². The normalized spacial score (nSPS) is 21.9. The molecule has 7 heteroatoms. The molecule has 0 saturated carbocycles. The molecule has 0 aromatic carbocycles. The molecule has 0 unspecified atom stereocenters. The maximum atomic E-state index is 12.4. The first-order chi connectivity index (χ1) is 7.50. The molecule has 1 aliphatic heterocycles. The number of imide groups is 1. The van der Waals surface area contributed by atoms with Crippen molar-refractivity contribution in [3.63, 3.8) is 0 Å². The third-order valence-corrected chi connectivity index (χ3v) is 2.20. The lowest BCUT2D eigenvalue weighted by Crippen LogP contribution is -2.38. The van der Waals surface area contributed by atoms with Crippen LogP contribution in [0.1, 0.15) is 27.2 Å². The fraction of sp³-hybridized carbons (Fsp3) is 0.800. The van der Waals surface area contributed by atoms with E-state index in [0.29, 0.717) is 4.90 Å². The molecular weight excluding hydrogens is 239 g/mol. The SMILES string of the molecule is CC(C)(C)OC(=O)N1C[C@H](C(F)(F)F)CC1=O. The van der Waals surface area contributed by atoms with Crippen LogP contribution in [0.25, 0.3) is 0 Å². The molecule has 0 aromatic heterocycles. The van der Waals surface area contributed by atoms with Gasteiger partial charge in [-0.15, -0.1) is 0 Å². The highest BCUT2D eigenvalue weighted by Gasteiger charge is 2.49. The van der Waals surface area contributed by atoms with Crippen LogP contribution in [0.5, 0.6) is 0 Å². The van der Waals surface area contributed by atoms with Crippen LogP contribution in [-0.2, 0) is 9.53 Å². The molecule has 0 spiro atoms. The van der Waals surface area contributed by atoms with Crippen molar-refractivity contribution in [3.05, 3.63) is 0 Å². The van der Waals surface area contributed by atoms with Crippen LogP contribution in [-0.4, -0.2) is 35.2 Å². The van der Waals surface area contributed by atoms with Crippen LogP contribution in [0, 0.1) is 5.92 Å². The maximum absolute atomic E-state index is 12.4. The number of rotatable bonds is 0. The number of carbonyl (C=O) groups is 2. The van der Waals surface area contributed by atoms with Gasteiger partial charge in [-0.1, -0.05) is 0 Å². The van der Waals surface area contributed by atoms with Gasteiger partial charge in [0.1, 0.15) is 5.60 Å². The van der Waals surface area contributed by atoms with Crippen molar-refractivity contribution in [2.75, 3.05) is 6.54 Å². The van der Waals surface area contributed by atoms with Crippen LogP contribution in [0.2, 0.25) is 0 Å². The molecule has 98 valence electrons. The van der Waals surface area contributed by atoms with Crippen molar-refractivity contribution >= 4 is 12.0 Å². The van der Waals surface area contributed by atoms with Gasteiger partial charge < -0.3 is 4.74 Å². The van der Waals surface area contributed by atoms with Crippen molar-refractivity contribution in [1.29, 1.82) is 0 Å². The molecule has 4 nitrogen and oxygen atoms in total. The number of hydrogen-bond donors (Lipinski definition) is 0. The zero-order valence-electron chi connectivity index (χ0n) is 9.80. The average molecular weight is 253 g/mol. The first-order valence-corrected chi connectivity index (χ1v) is 5.11. The Labute approximate surface area is 96.7 Å². The molecule has 17 heavy (non-hydrogen) atoms. The van der Waals surface area contributed by atoms with E-state index >= 15 is 0 Å². The topological polar surface area (TPSA) is 46.6 Å². The first-order valence-electron chi connectivity index (χ1n) is 5.11. The highest BCUT2D eigenvalue weighted by atomic mass is 19.4. The lowest BCUT2D eigenvalue weighted by atomic mass is 10.1. The summed E-state index contributed by atoms with van der Waals surface area (Å²) in [5.74, 6) is -2.64. The first kappa shape index (κ1) is 13.8. The van der Waals surface area contributed by atoms with Gasteiger partial charge in [0, 0.05) is 13.0 Å². The van der Waals surface area contributed by atoms with E-state index in [9.17, 15) is 22.8 Å². The van der Waals surface area contributed by atoms with Gasteiger partial charge in [-0.3, -0.25) is 4.79 Å². The zero-order chi connectivity index (χ0) is 13.4. The fourth-order valence-electron chi connectivity index (χ4n) is 1.42. The van der Waals surface area contributed by atoms with Gasteiger partial charge in [-0.25, -0.2) is 9.69 Å². The molecular formula is C10H14F3NO3. The Bertz CT molecular complexity index is 333. The second-order valence-electron chi connectivity index (χ2n) is 4.93. The molecule has 1 rings (SSSR count). The Morgan fingerprint density at radius 3 is 2.24 bits per heavy atom. The van der Waals surface area contributed by atoms with Crippen LogP contribution < -0.4 is 0 Å². The predicted octanol–water partition coefficient (Wildman–Crippen LogP) is 2.33. The van der Waals surface area contributed by atoms with Crippen LogP contribution in [0.15, 0.2) is 0 Å². The smallest absolute Gasteiger partial charge is 0.417 e. The number of carbonyl (C=O) groups excluding carboxylic acids is 2. The summed E-state index contributed by atoms with van der Waals surface area (Å²) >= 11 is 0. The van der Waals surface area contributed by atoms with E-state index in [1.165, 1.54) is 0 Å². The van der Waals surface area contributed by atoms with Gasteiger partial charge in [0.25, 0.3) is 0 Å². The van der Waals surface area contributed by atoms with Crippen molar-refractivity contribution < 1.29 is 27.5 Å². The minimum atomic E-state index is -4.47. The number of halogens is 3. The minimum Gasteiger partial charge on any atom is -0.443 e. The van der Waals surface area contributed by atoms with E-state index in [4.69, 9.17) is 4.74 Å². The third kappa shape index (κ3) is 3.61. The summed E-state index contributed by atoms with van der Waals surface area (Å²) in [5, 5.41) is 0. The summed E-state index contributed by atoms with van der Waals surface area (Å²) in [7, 11) is 0. The molecule has 0 N–H and O–H groups in total. The van der Waals surface area contributed by atoms with Crippen LogP contribution in [0.4, 0.5) is 18.0 Å². The summed E-state index contributed by atoms with van der Waals surface area (Å²) in [6, 6.07) is 0. The highest BCUT2D eigenvalue weighted by Crippen LogP contribution is 2.34. The van der Waals surface area contributed by atoms with Crippen molar-refractivity contribution in [1.82, 2.24) is 4.90 Å². The van der Waals surface area contributed by atoms with Crippen LogP contribution in [0.3, 0.4) is 0 Å². The Morgan fingerprint density at radius 2 is 1.88 bits per heavy atom. The summed E-state index contributed by atoms with van der Waals surface area (Å²) in [6.45, 7) is 4.07. The standard InChI is InChI=1S/C10H14F3NO3/c1-9(2,3)17-8(16)14-5-6(4-7(14)15)10(11,12)13/h6H,4-5H2,1-3H3/t6-/m1/s1. The number of hydrogen-bond acceptors (Lipinski definition) is 3. The molecule has 2 amide bonds. The Morgan fingerprint density at radius 1 is 1.35 bits per heavy atom. The zero-order valence-corrected chi connectivity index (χ0v) is 9.80. The highest BCUT2D eigenvalue weighted by molar-refractivity contribution is 5.93. The van der Waals surface area contributed by atoms with Crippen LogP contribution >= 0.6 is 0 Å². The van der Waals surface area contributed by atoms with Gasteiger partial charge in [0.15, 0.2) is 0 Å². The molecule has 1 fully saturated rings. The molecule has 0 aliphatic carbocycles. The van der Waals surface area contributed by atoms with Gasteiger partial charge >= 0.3 is 12.3 Å². The molecule has 1 atom stereocenters. The second-order valence-corrected chi connectivity index (χ2v) is 4.93. The summed E-state index contributed by atoms with van der Waals surface area (Å²) < 4.78 is 42.0. The van der Waals surface area contributed by atoms with Crippen molar-refractivity contribution in [3.8, 4) is 0 Å². The quantitative estimate of drug-likeness (QED) is 0.665. The summed E-state index contributed by atoms with van der Waals surface area (Å²) in [4.78, 5) is 23.3. The fourth-order valence-corrected chi connectivity index (χ4v) is 1.42. The van der Waals surface area contributed by atoms with Gasteiger partial charge in [0.2, 0.25) is 5.91 Å². The molecule has 1 aliphatic rings. The van der Waals surface area contributed by atoms with E-state index in [2.05, 4.69) is 0 Å². The van der Waals surface area contributed by atoms with Crippen molar-refractivity contribution in [2.45, 2.75) is 39.0 Å². The Balaban J connectivity index is 2.69. The maximum Gasteiger partial charge on any atom is 0.417 e. The lowest BCUT2D eigenvalue weighted by molar-refractivity contribution is -0.170. The summed E-state index contributed by atoms with van der Waals surface area (Å²) in [5.41, 5.74) is -0.840. The van der Waals surface area contributed by atoms with Gasteiger partial charge in [-0.2, -0.15) is 13.2 Å². The number of likely N-dealkylation sites (tertiary alicyclic amines) is 1. The van der Waals surface area contributed by atoms with E-state index in [-0.39, 0.29) is 0 Å². The molecule has 0 bridgehead atoms. The predicted molar refractivity (Wildman–Crippen MR) is 52.1 cm³/mol. The third-order valence-electron chi connectivity index (χ3n) is 2.20. The molecule has 1 saturated heterocycles. The monoisotopic (exact) mass is 253 g/mol. The largest absolute Gasteiger partial charge is 0.443 e. The Hall–Kier alpha value is -1.27. The molecule has 0 aromatic rings. The van der Waals surface area contributed by atoms with Gasteiger partial charge in [0.05, 0.1) is 5.92 Å². The Kier molecular flexibility index (Phi) is 3.40. The number of nitrogens with zero attached hydrogens (tertiary/aromatic N) is 1.